The molecule has 0 saturated heterocycles. The number of aliphatic hydroxyl groups is 1. The van der Waals surface area contributed by atoms with Crippen LogP contribution in [-0.4, -0.2) is 26.1 Å². The van der Waals surface area contributed by atoms with Crippen molar-refractivity contribution in [3.05, 3.63) is 6.33 Å². The summed E-state index contributed by atoms with van der Waals surface area (Å²) in [7, 11) is 0. The van der Waals surface area contributed by atoms with Crippen LogP contribution in [0.3, 0.4) is 0 Å². The monoisotopic (exact) mass is 201 g/mol. The molecule has 0 radical (unpaired) electrons. The third-order valence-electron chi connectivity index (χ3n) is 1.54. The molecule has 0 aromatic carbocycles. The van der Waals surface area contributed by atoms with Gasteiger partial charge in [-0.25, -0.2) is 4.98 Å². The number of anilines is 1. The maximum Gasteiger partial charge on any atom is 0.202 e. The first-order chi connectivity index (χ1) is 5.97. The summed E-state index contributed by atoms with van der Waals surface area (Å²) >= 11 is 1.32. The standard InChI is InChI=1S/C8H15N3OS/c1-6(4-8(2,3)12)11-7-9-5-10-13-7/h5-6,12H,4H2,1-3H3,(H,9,10,11). The Balaban J connectivity index is 2.38. The van der Waals surface area contributed by atoms with Crippen molar-refractivity contribution in [3.63, 3.8) is 0 Å². The molecule has 5 heteroatoms. The molecule has 0 aliphatic carbocycles. The third-order valence-corrected chi connectivity index (χ3v) is 2.13. The molecule has 0 fully saturated rings. The van der Waals surface area contributed by atoms with Gasteiger partial charge in [0.05, 0.1) is 5.60 Å². The van der Waals surface area contributed by atoms with E-state index in [0.29, 0.717) is 6.42 Å². The molecule has 0 amide bonds. The summed E-state index contributed by atoms with van der Waals surface area (Å²) < 4.78 is 3.88. The Hall–Kier alpha value is -0.680. The van der Waals surface area contributed by atoms with Crippen LogP contribution in [0.4, 0.5) is 5.13 Å². The Morgan fingerprint density at radius 1 is 1.69 bits per heavy atom. The fraction of sp³-hybridized carbons (Fsp3) is 0.750. The van der Waals surface area contributed by atoms with Crippen LogP contribution >= 0.6 is 11.5 Å². The van der Waals surface area contributed by atoms with Crippen LogP contribution in [0, 0.1) is 0 Å². The van der Waals surface area contributed by atoms with E-state index in [1.165, 1.54) is 17.9 Å². The molecule has 2 N–H and O–H groups in total. The molecule has 0 saturated carbocycles. The van der Waals surface area contributed by atoms with Gasteiger partial charge < -0.3 is 10.4 Å². The lowest BCUT2D eigenvalue weighted by atomic mass is 10.0. The molecule has 0 aliphatic rings. The molecular weight excluding hydrogens is 186 g/mol. The Labute approximate surface area is 82.2 Å². The van der Waals surface area contributed by atoms with E-state index in [2.05, 4.69) is 14.7 Å². The fourth-order valence-electron chi connectivity index (χ4n) is 1.25. The van der Waals surface area contributed by atoms with Crippen LogP contribution in [0.2, 0.25) is 0 Å². The van der Waals surface area contributed by atoms with Crippen molar-refractivity contribution in [2.24, 2.45) is 0 Å². The molecule has 4 nitrogen and oxygen atoms in total. The van der Waals surface area contributed by atoms with Crippen LogP contribution in [-0.2, 0) is 0 Å². The quantitative estimate of drug-likeness (QED) is 0.775. The molecule has 0 spiro atoms. The van der Waals surface area contributed by atoms with E-state index in [9.17, 15) is 5.11 Å². The summed E-state index contributed by atoms with van der Waals surface area (Å²) in [6.45, 7) is 5.61. The summed E-state index contributed by atoms with van der Waals surface area (Å²) in [6.07, 6.45) is 2.20. The Kier molecular flexibility index (Phi) is 3.22. The lowest BCUT2D eigenvalue weighted by molar-refractivity contribution is 0.0673. The van der Waals surface area contributed by atoms with Crippen LogP contribution in [0.5, 0.6) is 0 Å². The van der Waals surface area contributed by atoms with Gasteiger partial charge >= 0.3 is 0 Å². The Bertz CT molecular complexity index is 242. The second-order valence-corrected chi connectivity index (χ2v) is 4.59. The van der Waals surface area contributed by atoms with E-state index >= 15 is 0 Å². The van der Waals surface area contributed by atoms with Crippen LogP contribution in [0.1, 0.15) is 27.2 Å². The first-order valence-electron chi connectivity index (χ1n) is 4.23. The first-order valence-corrected chi connectivity index (χ1v) is 5.00. The van der Waals surface area contributed by atoms with Crippen molar-refractivity contribution < 1.29 is 5.11 Å². The minimum atomic E-state index is -0.642. The number of hydrogen-bond donors (Lipinski definition) is 2. The summed E-state index contributed by atoms with van der Waals surface area (Å²) in [5, 5.41) is 13.5. The number of nitrogens with zero attached hydrogens (tertiary/aromatic N) is 2. The van der Waals surface area contributed by atoms with Gasteiger partial charge in [0.2, 0.25) is 5.13 Å². The molecule has 1 heterocycles. The van der Waals surface area contributed by atoms with Gasteiger partial charge in [0, 0.05) is 17.6 Å². The molecule has 1 aromatic rings. The molecule has 1 atom stereocenters. The molecule has 0 aliphatic heterocycles. The van der Waals surface area contributed by atoms with E-state index < -0.39 is 5.60 Å². The summed E-state index contributed by atoms with van der Waals surface area (Å²) in [6, 6.07) is 0.202. The molecule has 1 aromatic heterocycles. The average Bonchev–Trinajstić information content (AvgIpc) is 2.34. The van der Waals surface area contributed by atoms with Crippen molar-refractivity contribution in [1.29, 1.82) is 0 Å². The minimum absolute atomic E-state index is 0.202. The maximum absolute atomic E-state index is 9.54. The Morgan fingerprint density at radius 2 is 2.38 bits per heavy atom. The molecule has 74 valence electrons. The van der Waals surface area contributed by atoms with Crippen molar-refractivity contribution in [3.8, 4) is 0 Å². The summed E-state index contributed by atoms with van der Waals surface area (Å²) in [4.78, 5) is 4.00. The van der Waals surface area contributed by atoms with Gasteiger partial charge in [0.15, 0.2) is 0 Å². The van der Waals surface area contributed by atoms with Crippen molar-refractivity contribution in [1.82, 2.24) is 9.36 Å². The van der Waals surface area contributed by atoms with Gasteiger partial charge in [-0.3, -0.25) is 0 Å². The number of hydrogen-bond acceptors (Lipinski definition) is 5. The summed E-state index contributed by atoms with van der Waals surface area (Å²) in [5.74, 6) is 0. The van der Waals surface area contributed by atoms with E-state index in [-0.39, 0.29) is 6.04 Å². The maximum atomic E-state index is 9.54. The lowest BCUT2D eigenvalue weighted by Gasteiger charge is -2.22. The second kappa shape index (κ2) is 4.02. The van der Waals surface area contributed by atoms with Crippen LogP contribution < -0.4 is 5.32 Å². The zero-order valence-electron chi connectivity index (χ0n) is 8.11. The van der Waals surface area contributed by atoms with Crippen molar-refractivity contribution in [2.45, 2.75) is 38.8 Å². The van der Waals surface area contributed by atoms with E-state index in [1.54, 1.807) is 13.8 Å². The third kappa shape index (κ3) is 4.19. The van der Waals surface area contributed by atoms with Gasteiger partial charge in [-0.2, -0.15) is 4.37 Å². The smallest absolute Gasteiger partial charge is 0.202 e. The number of nitrogens with one attached hydrogen (secondary N) is 1. The largest absolute Gasteiger partial charge is 0.390 e. The van der Waals surface area contributed by atoms with E-state index in [1.807, 2.05) is 6.92 Å². The SMILES string of the molecule is CC(CC(C)(C)O)Nc1ncns1. The highest BCUT2D eigenvalue weighted by Gasteiger charge is 2.17. The predicted octanol–water partition coefficient (Wildman–Crippen LogP) is 1.50. The molecule has 0 bridgehead atoms. The summed E-state index contributed by atoms with van der Waals surface area (Å²) in [5.41, 5.74) is -0.642. The fourth-order valence-corrected chi connectivity index (χ4v) is 1.79. The van der Waals surface area contributed by atoms with Gasteiger partial charge in [-0.15, -0.1) is 0 Å². The molecule has 13 heavy (non-hydrogen) atoms. The zero-order valence-corrected chi connectivity index (χ0v) is 8.93. The van der Waals surface area contributed by atoms with Gasteiger partial charge in [-0.1, -0.05) is 0 Å². The predicted molar refractivity (Wildman–Crippen MR) is 53.9 cm³/mol. The number of rotatable bonds is 4. The molecule has 1 unspecified atom stereocenters. The highest BCUT2D eigenvalue weighted by molar-refractivity contribution is 7.09. The normalized spacial score (nSPS) is 14.2. The topological polar surface area (TPSA) is 58.0 Å². The lowest BCUT2D eigenvalue weighted by Crippen LogP contribution is -2.29. The van der Waals surface area contributed by atoms with Crippen LogP contribution in [0.15, 0.2) is 6.33 Å². The first kappa shape index (κ1) is 10.4. The van der Waals surface area contributed by atoms with Crippen molar-refractivity contribution >= 4 is 16.7 Å². The van der Waals surface area contributed by atoms with E-state index in [4.69, 9.17) is 0 Å². The average molecular weight is 201 g/mol. The Morgan fingerprint density at radius 3 is 2.85 bits per heavy atom. The molecule has 1 rings (SSSR count). The van der Waals surface area contributed by atoms with Crippen LogP contribution in [0.25, 0.3) is 0 Å². The molecular formula is C8H15N3OS. The minimum Gasteiger partial charge on any atom is -0.390 e. The second-order valence-electron chi connectivity index (χ2n) is 3.81. The van der Waals surface area contributed by atoms with Gasteiger partial charge in [0.1, 0.15) is 6.33 Å². The van der Waals surface area contributed by atoms with Crippen molar-refractivity contribution in [2.75, 3.05) is 5.32 Å². The van der Waals surface area contributed by atoms with Gasteiger partial charge in [-0.05, 0) is 27.2 Å². The number of aromatic nitrogens is 2. The van der Waals surface area contributed by atoms with E-state index in [0.717, 1.165) is 5.13 Å². The zero-order chi connectivity index (χ0) is 9.90. The highest BCUT2D eigenvalue weighted by atomic mass is 32.1. The van der Waals surface area contributed by atoms with Gasteiger partial charge in [0.25, 0.3) is 0 Å². The highest BCUT2D eigenvalue weighted by Crippen LogP contribution is 2.15.